The quantitative estimate of drug-likeness (QED) is 0.450. The number of amides is 1. The molecule has 4 aromatic rings. The maximum absolute atomic E-state index is 13.9. The molecule has 6 rings (SSSR count). The van der Waals surface area contributed by atoms with Gasteiger partial charge in [-0.25, -0.2) is 22.7 Å². The number of hydrogen-bond donors (Lipinski definition) is 0. The summed E-state index contributed by atoms with van der Waals surface area (Å²) in [7, 11) is 1.68. The zero-order chi connectivity index (χ0) is 22.1. The van der Waals surface area contributed by atoms with Crippen molar-refractivity contribution in [2.75, 3.05) is 0 Å². The van der Waals surface area contributed by atoms with Crippen LogP contribution in [0.1, 0.15) is 40.5 Å². The van der Waals surface area contributed by atoms with Crippen LogP contribution < -0.4 is 0 Å². The molecule has 32 heavy (non-hydrogen) atoms. The molecule has 1 aromatic carbocycles. The highest BCUT2D eigenvalue weighted by molar-refractivity contribution is 6.00. The minimum Gasteiger partial charge on any atom is -0.326 e. The van der Waals surface area contributed by atoms with Crippen molar-refractivity contribution in [3.8, 4) is 11.3 Å². The van der Waals surface area contributed by atoms with E-state index >= 15 is 0 Å². The Kier molecular flexibility index (Phi) is 3.96. The first-order valence-corrected chi connectivity index (χ1v) is 10.3. The Bertz CT molecular complexity index is 1390. The molecule has 1 saturated heterocycles. The number of fused-ring (bicyclic) bond motifs is 5. The topological polar surface area (TPSA) is 68.3 Å². The Balaban J connectivity index is 1.43. The second-order valence-electron chi connectivity index (χ2n) is 8.20. The summed E-state index contributed by atoms with van der Waals surface area (Å²) in [4.78, 5) is 19.6. The molecular weight excluding hydrogens is 421 g/mol. The molecule has 0 spiro atoms. The second-order valence-corrected chi connectivity index (χ2v) is 8.20. The average Bonchev–Trinajstić information content (AvgIpc) is 3.44. The summed E-state index contributed by atoms with van der Waals surface area (Å²) in [6.45, 7) is 0. The summed E-state index contributed by atoms with van der Waals surface area (Å²) in [5.41, 5.74) is 3.22. The van der Waals surface area contributed by atoms with Gasteiger partial charge in [0.15, 0.2) is 23.1 Å². The predicted molar refractivity (Wildman–Crippen MR) is 107 cm³/mol. The van der Waals surface area contributed by atoms with Crippen LogP contribution in [0.3, 0.4) is 0 Å². The summed E-state index contributed by atoms with van der Waals surface area (Å²) < 4.78 is 44.4. The molecule has 0 unspecified atom stereocenters. The van der Waals surface area contributed by atoms with Gasteiger partial charge in [-0.3, -0.25) is 9.48 Å². The molecule has 2 bridgehead atoms. The van der Waals surface area contributed by atoms with Gasteiger partial charge in [0.1, 0.15) is 5.56 Å². The molecule has 1 fully saturated rings. The van der Waals surface area contributed by atoms with Crippen molar-refractivity contribution < 1.29 is 18.0 Å². The van der Waals surface area contributed by atoms with E-state index in [4.69, 9.17) is 0 Å². The van der Waals surface area contributed by atoms with Crippen LogP contribution in [0.4, 0.5) is 13.2 Å². The minimum absolute atomic E-state index is 0.0863. The fourth-order valence-corrected chi connectivity index (χ4v) is 5.12. The molecule has 7 nitrogen and oxygen atoms in total. The number of rotatable bonds is 2. The monoisotopic (exact) mass is 438 g/mol. The number of carbonyl (C=O) groups is 1. The SMILES string of the molecule is Cn1nc2c(c1-c1cc(F)c(F)c(F)c1)C[C@@H]1CC[C@H]2N1C(=O)c1cnn2cccnc12. The Morgan fingerprint density at radius 1 is 1.16 bits per heavy atom. The third-order valence-electron chi connectivity index (χ3n) is 6.44. The van der Waals surface area contributed by atoms with E-state index in [0.717, 1.165) is 30.5 Å². The van der Waals surface area contributed by atoms with E-state index in [1.165, 1.54) is 6.20 Å². The summed E-state index contributed by atoms with van der Waals surface area (Å²) >= 11 is 0. The van der Waals surface area contributed by atoms with Crippen LogP contribution in [-0.2, 0) is 13.5 Å². The first-order valence-electron chi connectivity index (χ1n) is 10.3. The maximum atomic E-state index is 13.9. The van der Waals surface area contributed by atoms with Gasteiger partial charge in [0, 0.05) is 36.6 Å². The van der Waals surface area contributed by atoms with Gasteiger partial charge in [-0.05, 0) is 37.5 Å². The standard InChI is InChI=1S/C22H17F3N6O/c1-29-20(11-7-15(23)18(25)16(24)8-11)13-9-12-3-4-17(19(13)28-29)31(12)22(32)14-10-27-30-6-2-5-26-21(14)30/h2,5-8,10,12,17H,3-4,9H2,1H3/t12-,17+/m0/s1. The van der Waals surface area contributed by atoms with Crippen molar-refractivity contribution in [3.63, 3.8) is 0 Å². The number of nitrogens with zero attached hydrogens (tertiary/aromatic N) is 6. The highest BCUT2D eigenvalue weighted by Gasteiger charge is 2.46. The predicted octanol–water partition coefficient (Wildman–Crippen LogP) is 3.45. The lowest BCUT2D eigenvalue weighted by atomic mass is 9.94. The van der Waals surface area contributed by atoms with Gasteiger partial charge < -0.3 is 4.90 Å². The highest BCUT2D eigenvalue weighted by atomic mass is 19.2. The number of aryl methyl sites for hydroxylation is 1. The normalized spacial score (nSPS) is 19.6. The van der Waals surface area contributed by atoms with Crippen molar-refractivity contribution in [1.29, 1.82) is 0 Å². The van der Waals surface area contributed by atoms with Crippen molar-refractivity contribution in [3.05, 3.63) is 71.1 Å². The van der Waals surface area contributed by atoms with E-state index in [1.807, 2.05) is 4.90 Å². The van der Waals surface area contributed by atoms with Crippen LogP contribution in [0.2, 0.25) is 0 Å². The van der Waals surface area contributed by atoms with Crippen LogP contribution in [0.5, 0.6) is 0 Å². The molecule has 1 amide bonds. The molecular formula is C22H17F3N6O. The van der Waals surface area contributed by atoms with Gasteiger partial charge in [-0.2, -0.15) is 10.2 Å². The summed E-state index contributed by atoms with van der Waals surface area (Å²) in [6, 6.07) is 3.36. The Morgan fingerprint density at radius 3 is 2.72 bits per heavy atom. The van der Waals surface area contributed by atoms with E-state index in [0.29, 0.717) is 29.0 Å². The Hall–Kier alpha value is -3.69. The van der Waals surface area contributed by atoms with Crippen LogP contribution in [0.15, 0.2) is 36.8 Å². The Morgan fingerprint density at radius 2 is 1.94 bits per heavy atom. The molecule has 0 saturated carbocycles. The van der Waals surface area contributed by atoms with Crippen molar-refractivity contribution in [2.24, 2.45) is 7.05 Å². The fraction of sp³-hybridized carbons (Fsp3) is 0.273. The number of aromatic nitrogens is 5. The highest BCUT2D eigenvalue weighted by Crippen LogP contribution is 2.46. The second kappa shape index (κ2) is 6.65. The van der Waals surface area contributed by atoms with E-state index in [9.17, 15) is 18.0 Å². The summed E-state index contributed by atoms with van der Waals surface area (Å²) in [5, 5.41) is 8.83. The summed E-state index contributed by atoms with van der Waals surface area (Å²) in [5.74, 6) is -4.15. The molecule has 0 aliphatic carbocycles. The van der Waals surface area contributed by atoms with E-state index < -0.39 is 17.5 Å². The molecule has 2 aliphatic rings. The molecule has 5 heterocycles. The molecule has 0 radical (unpaired) electrons. The van der Waals surface area contributed by atoms with Crippen LogP contribution in [0, 0.1) is 17.5 Å². The fourth-order valence-electron chi connectivity index (χ4n) is 5.12. The number of halogens is 3. The van der Waals surface area contributed by atoms with Gasteiger partial charge in [-0.1, -0.05) is 0 Å². The van der Waals surface area contributed by atoms with Crippen molar-refractivity contribution >= 4 is 11.6 Å². The molecule has 2 atom stereocenters. The third-order valence-corrected chi connectivity index (χ3v) is 6.44. The van der Waals surface area contributed by atoms with Gasteiger partial charge >= 0.3 is 0 Å². The molecule has 162 valence electrons. The molecule has 2 aliphatic heterocycles. The zero-order valence-electron chi connectivity index (χ0n) is 17.0. The zero-order valence-corrected chi connectivity index (χ0v) is 17.0. The molecule has 10 heteroatoms. The number of benzene rings is 1. The van der Waals surface area contributed by atoms with Gasteiger partial charge in [0.2, 0.25) is 0 Å². The average molecular weight is 438 g/mol. The van der Waals surface area contributed by atoms with Crippen molar-refractivity contribution in [2.45, 2.75) is 31.3 Å². The molecule has 3 aromatic heterocycles. The molecule has 0 N–H and O–H groups in total. The van der Waals surface area contributed by atoms with E-state index in [-0.39, 0.29) is 23.6 Å². The number of hydrogen-bond acceptors (Lipinski definition) is 4. The van der Waals surface area contributed by atoms with Gasteiger partial charge in [0.25, 0.3) is 5.91 Å². The smallest absolute Gasteiger partial charge is 0.260 e. The lowest BCUT2D eigenvalue weighted by Crippen LogP contribution is -2.41. The van der Waals surface area contributed by atoms with Crippen LogP contribution in [-0.4, -0.2) is 41.2 Å². The van der Waals surface area contributed by atoms with Crippen molar-refractivity contribution in [1.82, 2.24) is 29.3 Å². The minimum atomic E-state index is -1.50. The van der Waals surface area contributed by atoms with Gasteiger partial charge in [-0.15, -0.1) is 0 Å². The first-order chi connectivity index (χ1) is 15.4. The van der Waals surface area contributed by atoms with Gasteiger partial charge in [0.05, 0.1) is 23.6 Å². The first kappa shape index (κ1) is 19.0. The Labute approximate surface area is 180 Å². The van der Waals surface area contributed by atoms with Crippen LogP contribution >= 0.6 is 0 Å². The van der Waals surface area contributed by atoms with Crippen LogP contribution in [0.25, 0.3) is 16.9 Å². The van der Waals surface area contributed by atoms with E-state index in [1.54, 1.807) is 34.7 Å². The summed E-state index contributed by atoms with van der Waals surface area (Å²) in [6.07, 6.45) is 6.88. The van der Waals surface area contributed by atoms with E-state index in [2.05, 4.69) is 15.2 Å². The maximum Gasteiger partial charge on any atom is 0.260 e. The third kappa shape index (κ3) is 2.55. The lowest BCUT2D eigenvalue weighted by molar-refractivity contribution is 0.0644. The lowest BCUT2D eigenvalue weighted by Gasteiger charge is -2.34. The largest absolute Gasteiger partial charge is 0.326 e. The number of carbonyl (C=O) groups excluding carboxylic acids is 1.